The fraction of sp³-hybridized carbons (Fsp3) is 0.381. The van der Waals surface area contributed by atoms with Crippen LogP contribution in [-0.2, 0) is 4.74 Å². The van der Waals surface area contributed by atoms with Crippen LogP contribution in [0.3, 0.4) is 0 Å². The number of para-hydroxylation sites is 1. The molecule has 0 aliphatic heterocycles. The summed E-state index contributed by atoms with van der Waals surface area (Å²) in [7, 11) is 1.64. The molecule has 0 heterocycles. The fourth-order valence-corrected chi connectivity index (χ4v) is 3.03. The van der Waals surface area contributed by atoms with Gasteiger partial charge in [0.25, 0.3) is 11.4 Å². The molecule has 0 saturated heterocycles. The maximum absolute atomic E-state index is 11.8. The van der Waals surface area contributed by atoms with E-state index in [-0.39, 0.29) is 29.8 Å². The summed E-state index contributed by atoms with van der Waals surface area (Å²) >= 11 is 17.0. The Bertz CT molecular complexity index is 1040. The first-order valence-electron chi connectivity index (χ1n) is 9.94. The van der Waals surface area contributed by atoms with Gasteiger partial charge in [-0.25, -0.2) is 4.79 Å². The van der Waals surface area contributed by atoms with E-state index < -0.39 is 21.5 Å². The molecule has 0 atom stereocenters. The second kappa shape index (κ2) is 14.6. The molecular weight excluding hydrogens is 521 g/mol. The third-order valence-electron chi connectivity index (χ3n) is 3.99. The predicted octanol–water partition coefficient (Wildman–Crippen LogP) is 6.44. The van der Waals surface area contributed by atoms with Crippen molar-refractivity contribution in [2.45, 2.75) is 32.8 Å². The van der Waals surface area contributed by atoms with Gasteiger partial charge in [0.2, 0.25) is 0 Å². The minimum absolute atomic E-state index is 0. The molecule has 0 spiro atoms. The molecule has 2 aromatic carbocycles. The number of benzene rings is 2. The fourth-order valence-electron chi connectivity index (χ4n) is 2.43. The van der Waals surface area contributed by atoms with Crippen LogP contribution in [0.1, 0.15) is 27.2 Å². The number of amides is 1. The Hall–Kier alpha value is -2.76. The summed E-state index contributed by atoms with van der Waals surface area (Å²) in [5.41, 5.74) is -0.488. The van der Waals surface area contributed by atoms with E-state index in [4.69, 9.17) is 39.5 Å². The third-order valence-corrected chi connectivity index (χ3v) is 5.12. The maximum atomic E-state index is 11.8. The molecular formula is C21H25BCl3N4O6. The van der Waals surface area contributed by atoms with Gasteiger partial charge < -0.3 is 15.0 Å². The minimum Gasteiger partial charge on any atom is -0.444 e. The zero-order valence-corrected chi connectivity index (χ0v) is 21.9. The lowest BCUT2D eigenvalue weighted by molar-refractivity contribution is -0.384. The van der Waals surface area contributed by atoms with Crippen molar-refractivity contribution in [2.24, 2.45) is 0 Å². The molecule has 0 saturated carbocycles. The van der Waals surface area contributed by atoms with Crippen molar-refractivity contribution in [3.63, 3.8) is 0 Å². The van der Waals surface area contributed by atoms with Crippen LogP contribution in [0, 0.1) is 20.2 Å². The molecule has 10 nitrogen and oxygen atoms in total. The zero-order valence-electron chi connectivity index (χ0n) is 19.6. The first-order chi connectivity index (χ1) is 15.7. The van der Waals surface area contributed by atoms with E-state index in [1.165, 1.54) is 35.2 Å². The van der Waals surface area contributed by atoms with Crippen LogP contribution in [0.25, 0.3) is 0 Å². The molecule has 0 unspecified atom stereocenters. The largest absolute Gasteiger partial charge is 0.444 e. The van der Waals surface area contributed by atoms with Crippen LogP contribution >= 0.6 is 34.8 Å². The van der Waals surface area contributed by atoms with Crippen LogP contribution in [0.5, 0.6) is 0 Å². The number of nitro groups is 2. The third kappa shape index (κ3) is 11.0. The van der Waals surface area contributed by atoms with Crippen LogP contribution in [0.4, 0.5) is 21.9 Å². The van der Waals surface area contributed by atoms with Gasteiger partial charge in [-0.2, -0.15) is 0 Å². The summed E-state index contributed by atoms with van der Waals surface area (Å²) in [5, 5.41) is 24.6. The molecule has 0 aromatic heterocycles. The highest BCUT2D eigenvalue weighted by Crippen LogP contribution is 2.32. The molecule has 0 aliphatic rings. The topological polar surface area (TPSA) is 128 Å². The number of carbonyl (C=O) groups is 1. The van der Waals surface area contributed by atoms with E-state index in [9.17, 15) is 25.0 Å². The number of ether oxygens (including phenoxy) is 1. The van der Waals surface area contributed by atoms with Gasteiger partial charge >= 0.3 is 6.09 Å². The normalized spacial score (nSPS) is 10.3. The van der Waals surface area contributed by atoms with Crippen molar-refractivity contribution in [1.29, 1.82) is 0 Å². The van der Waals surface area contributed by atoms with Crippen molar-refractivity contribution >= 4 is 66.4 Å². The Morgan fingerprint density at radius 2 is 1.51 bits per heavy atom. The van der Waals surface area contributed by atoms with E-state index in [0.29, 0.717) is 30.2 Å². The van der Waals surface area contributed by atoms with Gasteiger partial charge in [0.15, 0.2) is 0 Å². The van der Waals surface area contributed by atoms with Gasteiger partial charge in [-0.05, 0) is 39.3 Å². The Labute approximate surface area is 220 Å². The molecule has 35 heavy (non-hydrogen) atoms. The number of nitrogens with one attached hydrogen (secondary N) is 1. The highest BCUT2D eigenvalue weighted by atomic mass is 35.5. The molecule has 2 aromatic rings. The average Bonchev–Trinajstić information content (AvgIpc) is 2.72. The quantitative estimate of drug-likeness (QED) is 0.183. The molecule has 0 aliphatic carbocycles. The molecule has 2 rings (SSSR count). The first-order valence-corrected chi connectivity index (χ1v) is 11.1. The van der Waals surface area contributed by atoms with Crippen LogP contribution in [0.15, 0.2) is 36.4 Å². The predicted molar refractivity (Wildman–Crippen MR) is 139 cm³/mol. The Balaban J connectivity index is 0.000000807. The van der Waals surface area contributed by atoms with E-state index in [2.05, 4.69) is 5.32 Å². The van der Waals surface area contributed by atoms with Crippen molar-refractivity contribution in [3.8, 4) is 0 Å². The molecule has 14 heteroatoms. The van der Waals surface area contributed by atoms with Crippen LogP contribution in [-0.4, -0.2) is 55.0 Å². The molecule has 189 valence electrons. The number of halogens is 3. The summed E-state index contributed by atoms with van der Waals surface area (Å²) in [6.07, 6.45) is 0.194. The van der Waals surface area contributed by atoms with Gasteiger partial charge in [0.1, 0.15) is 16.3 Å². The van der Waals surface area contributed by atoms with Crippen LogP contribution in [0.2, 0.25) is 15.1 Å². The number of hydrogen-bond acceptors (Lipinski definition) is 7. The second-order valence-electron chi connectivity index (χ2n) is 7.90. The molecule has 0 bridgehead atoms. The van der Waals surface area contributed by atoms with E-state index in [0.717, 1.165) is 0 Å². The summed E-state index contributed by atoms with van der Waals surface area (Å²) in [4.78, 5) is 33.4. The Kier molecular flexibility index (Phi) is 13.5. The first kappa shape index (κ1) is 32.2. The van der Waals surface area contributed by atoms with Crippen molar-refractivity contribution in [1.82, 2.24) is 4.90 Å². The van der Waals surface area contributed by atoms with Gasteiger partial charge in [-0.3, -0.25) is 20.2 Å². The maximum Gasteiger partial charge on any atom is 0.410 e. The standard InChI is InChI=1S/C15H22ClN3O4.C6H3Cl2NO2.B/c1-15(2,3)23-14(20)18(4)10-6-9-17-13-11(16)7-5-8-12(13)19(21)22;7-4-2-1-3-5(6(4)8)9(10)11;/h5,7-8,17H,6,9-10H2,1-4H3;1-3H;. The molecule has 1 amide bonds. The lowest BCUT2D eigenvalue weighted by atomic mass is 10.2. The molecule has 3 radical (unpaired) electrons. The minimum atomic E-state index is -0.575. The average molecular weight is 547 g/mol. The van der Waals surface area contributed by atoms with Crippen molar-refractivity contribution in [2.75, 3.05) is 25.5 Å². The van der Waals surface area contributed by atoms with E-state index >= 15 is 0 Å². The summed E-state index contributed by atoms with van der Waals surface area (Å²) < 4.78 is 5.24. The van der Waals surface area contributed by atoms with Gasteiger partial charge in [-0.1, -0.05) is 46.9 Å². The Morgan fingerprint density at radius 3 is 2.00 bits per heavy atom. The molecule has 0 fully saturated rings. The van der Waals surface area contributed by atoms with Gasteiger partial charge in [0.05, 0.1) is 19.9 Å². The Morgan fingerprint density at radius 1 is 1.00 bits per heavy atom. The lowest BCUT2D eigenvalue weighted by Gasteiger charge is -2.24. The monoisotopic (exact) mass is 545 g/mol. The van der Waals surface area contributed by atoms with Crippen LogP contribution < -0.4 is 5.32 Å². The number of anilines is 1. The van der Waals surface area contributed by atoms with Gasteiger partial charge in [0, 0.05) is 40.7 Å². The smallest absolute Gasteiger partial charge is 0.410 e. The number of carbonyl (C=O) groups excluding carboxylic acids is 1. The summed E-state index contributed by atoms with van der Waals surface area (Å²) in [6.45, 7) is 6.31. The second-order valence-corrected chi connectivity index (χ2v) is 9.10. The zero-order chi connectivity index (χ0) is 26.1. The van der Waals surface area contributed by atoms with E-state index in [1.807, 2.05) is 0 Å². The number of hydrogen-bond donors (Lipinski definition) is 1. The van der Waals surface area contributed by atoms with Crippen molar-refractivity contribution < 1.29 is 19.4 Å². The molecule has 1 N–H and O–H groups in total. The van der Waals surface area contributed by atoms with E-state index in [1.54, 1.807) is 33.9 Å². The number of nitro benzene ring substituents is 2. The highest BCUT2D eigenvalue weighted by molar-refractivity contribution is 6.43. The highest BCUT2D eigenvalue weighted by Gasteiger charge is 2.20. The number of rotatable bonds is 7. The summed E-state index contributed by atoms with van der Waals surface area (Å²) in [6, 6.07) is 8.78. The summed E-state index contributed by atoms with van der Waals surface area (Å²) in [5.74, 6) is 0. The van der Waals surface area contributed by atoms with Crippen molar-refractivity contribution in [3.05, 3.63) is 71.7 Å². The SMILES string of the molecule is CN(CCCNc1c(Cl)cccc1[N+](=O)[O-])C(=O)OC(C)(C)C.O=[N+]([O-])c1cccc(Cl)c1Cl.[B]. The van der Waals surface area contributed by atoms with Gasteiger partial charge in [-0.15, -0.1) is 0 Å². The number of nitrogens with zero attached hydrogens (tertiary/aromatic N) is 3. The lowest BCUT2D eigenvalue weighted by Crippen LogP contribution is -2.35.